The van der Waals surface area contributed by atoms with Crippen LogP contribution in [0.25, 0.3) is 0 Å². The van der Waals surface area contributed by atoms with Gasteiger partial charge in [-0.2, -0.15) is 0 Å². The Bertz CT molecular complexity index is 601. The van der Waals surface area contributed by atoms with E-state index in [4.69, 9.17) is 15.2 Å². The minimum Gasteiger partial charge on any atom is -0.497 e. The zero-order valence-electron chi connectivity index (χ0n) is 13.3. The maximum Gasteiger partial charge on any atom is 0.249 e. The van der Waals surface area contributed by atoms with Crippen LogP contribution in [0.5, 0.6) is 5.75 Å². The van der Waals surface area contributed by atoms with Crippen molar-refractivity contribution in [2.75, 3.05) is 20.3 Å². The average molecular weight is 318 g/mol. The maximum absolute atomic E-state index is 12.4. The SMILES string of the molecule is COc1ccc(COCC(=O)N2CCC[C@@H]3C[C@@]32C(N)=O)cc1. The lowest BCUT2D eigenvalue weighted by molar-refractivity contribution is -0.147. The summed E-state index contributed by atoms with van der Waals surface area (Å²) in [5.41, 5.74) is 5.76. The van der Waals surface area contributed by atoms with Gasteiger partial charge in [-0.3, -0.25) is 9.59 Å². The summed E-state index contributed by atoms with van der Waals surface area (Å²) in [7, 11) is 1.61. The van der Waals surface area contributed by atoms with Crippen molar-refractivity contribution in [2.24, 2.45) is 11.7 Å². The topological polar surface area (TPSA) is 81.9 Å². The maximum atomic E-state index is 12.4. The third kappa shape index (κ3) is 2.91. The van der Waals surface area contributed by atoms with E-state index >= 15 is 0 Å². The van der Waals surface area contributed by atoms with Crippen LogP contribution >= 0.6 is 0 Å². The lowest BCUT2D eigenvalue weighted by Gasteiger charge is -2.34. The fourth-order valence-electron chi connectivity index (χ4n) is 3.52. The number of hydrogen-bond acceptors (Lipinski definition) is 4. The van der Waals surface area contributed by atoms with E-state index in [9.17, 15) is 9.59 Å². The molecule has 1 aliphatic carbocycles. The number of likely N-dealkylation sites (tertiary alicyclic amines) is 1. The third-order valence-corrected chi connectivity index (χ3v) is 4.87. The molecule has 2 N–H and O–H groups in total. The number of hydrogen-bond donors (Lipinski definition) is 1. The highest BCUT2D eigenvalue weighted by molar-refractivity contribution is 5.94. The molecule has 124 valence electrons. The summed E-state index contributed by atoms with van der Waals surface area (Å²) >= 11 is 0. The molecule has 2 amide bonds. The molecule has 0 bridgehead atoms. The summed E-state index contributed by atoms with van der Waals surface area (Å²) in [5.74, 6) is 0.478. The molecule has 1 aromatic rings. The third-order valence-electron chi connectivity index (χ3n) is 4.87. The molecule has 1 aliphatic heterocycles. The summed E-state index contributed by atoms with van der Waals surface area (Å²) in [5, 5.41) is 0. The van der Waals surface area contributed by atoms with Crippen LogP contribution in [-0.2, 0) is 20.9 Å². The second-order valence-corrected chi connectivity index (χ2v) is 6.22. The number of rotatable bonds is 6. The number of piperidine rings is 1. The first kappa shape index (κ1) is 15.8. The first-order chi connectivity index (χ1) is 11.1. The van der Waals surface area contributed by atoms with Crippen molar-refractivity contribution in [3.63, 3.8) is 0 Å². The summed E-state index contributed by atoms with van der Waals surface area (Å²) in [6.07, 6.45) is 2.59. The van der Waals surface area contributed by atoms with Crippen molar-refractivity contribution in [3.8, 4) is 5.75 Å². The molecular weight excluding hydrogens is 296 g/mol. The molecule has 0 unspecified atom stereocenters. The summed E-state index contributed by atoms with van der Waals surface area (Å²) in [4.78, 5) is 25.8. The van der Waals surface area contributed by atoms with E-state index in [0.717, 1.165) is 24.2 Å². The van der Waals surface area contributed by atoms with E-state index in [1.807, 2.05) is 24.3 Å². The van der Waals surface area contributed by atoms with Gasteiger partial charge in [-0.15, -0.1) is 0 Å². The summed E-state index contributed by atoms with van der Waals surface area (Å²) < 4.78 is 10.6. The normalized spacial score (nSPS) is 25.6. The molecule has 1 aromatic carbocycles. The number of amides is 2. The predicted molar refractivity (Wildman–Crippen MR) is 83.6 cm³/mol. The van der Waals surface area contributed by atoms with Gasteiger partial charge in [-0.25, -0.2) is 0 Å². The van der Waals surface area contributed by atoms with Crippen LogP contribution in [0.4, 0.5) is 0 Å². The minimum absolute atomic E-state index is 0.0339. The largest absolute Gasteiger partial charge is 0.497 e. The van der Waals surface area contributed by atoms with Gasteiger partial charge in [0.15, 0.2) is 0 Å². The second kappa shape index (κ2) is 6.20. The lowest BCUT2D eigenvalue weighted by atomic mass is 10.0. The fraction of sp³-hybridized carbons (Fsp3) is 0.529. The Labute approximate surface area is 135 Å². The predicted octanol–water partition coefficient (Wildman–Crippen LogP) is 1.08. The van der Waals surface area contributed by atoms with Crippen LogP contribution in [0, 0.1) is 5.92 Å². The van der Waals surface area contributed by atoms with E-state index in [1.165, 1.54) is 0 Å². The molecule has 0 spiro atoms. The standard InChI is InChI=1S/C17H22N2O4/c1-22-14-6-4-12(5-7-14)10-23-11-15(20)19-8-2-3-13-9-17(13,19)16(18)21/h4-7,13H,2-3,8-11H2,1H3,(H2,18,21)/t13-,17+/m1/s1. The van der Waals surface area contributed by atoms with Gasteiger partial charge in [0.2, 0.25) is 11.8 Å². The van der Waals surface area contributed by atoms with Crippen molar-refractivity contribution < 1.29 is 19.1 Å². The number of ether oxygens (including phenoxy) is 2. The number of fused-ring (bicyclic) bond motifs is 1. The van der Waals surface area contributed by atoms with Crippen LogP contribution in [0.15, 0.2) is 24.3 Å². The van der Waals surface area contributed by atoms with Crippen molar-refractivity contribution in [1.29, 1.82) is 0 Å². The van der Waals surface area contributed by atoms with E-state index in [-0.39, 0.29) is 24.3 Å². The highest BCUT2D eigenvalue weighted by Gasteiger charge is 2.65. The van der Waals surface area contributed by atoms with Crippen LogP contribution in [0.2, 0.25) is 0 Å². The molecule has 1 heterocycles. The first-order valence-corrected chi connectivity index (χ1v) is 7.89. The molecule has 1 saturated carbocycles. The summed E-state index contributed by atoms with van der Waals surface area (Å²) in [6.45, 7) is 0.897. The average Bonchev–Trinajstić information content (AvgIpc) is 3.31. The van der Waals surface area contributed by atoms with Crippen LogP contribution in [0.3, 0.4) is 0 Å². The van der Waals surface area contributed by atoms with Crippen LogP contribution < -0.4 is 10.5 Å². The fourth-order valence-corrected chi connectivity index (χ4v) is 3.52. The van der Waals surface area contributed by atoms with Gasteiger partial charge in [-0.1, -0.05) is 12.1 Å². The van der Waals surface area contributed by atoms with E-state index in [1.54, 1.807) is 12.0 Å². The smallest absolute Gasteiger partial charge is 0.249 e. The zero-order chi connectivity index (χ0) is 16.4. The zero-order valence-corrected chi connectivity index (χ0v) is 13.3. The number of methoxy groups -OCH3 is 1. The molecule has 2 aliphatic rings. The van der Waals surface area contributed by atoms with Crippen molar-refractivity contribution >= 4 is 11.8 Å². The molecule has 3 rings (SSSR count). The van der Waals surface area contributed by atoms with Gasteiger partial charge in [0.1, 0.15) is 17.9 Å². The van der Waals surface area contributed by atoms with Crippen molar-refractivity contribution in [1.82, 2.24) is 4.90 Å². The number of nitrogens with two attached hydrogens (primary N) is 1. The van der Waals surface area contributed by atoms with Gasteiger partial charge in [-0.05, 0) is 42.9 Å². The number of nitrogens with zero attached hydrogens (tertiary/aromatic N) is 1. The van der Waals surface area contributed by atoms with Gasteiger partial charge >= 0.3 is 0 Å². The van der Waals surface area contributed by atoms with Crippen LogP contribution in [0.1, 0.15) is 24.8 Å². The first-order valence-electron chi connectivity index (χ1n) is 7.89. The monoisotopic (exact) mass is 318 g/mol. The minimum atomic E-state index is -0.737. The van der Waals surface area contributed by atoms with Gasteiger partial charge in [0.05, 0.1) is 13.7 Å². The number of primary amides is 1. The molecule has 1 saturated heterocycles. The lowest BCUT2D eigenvalue weighted by Crippen LogP contribution is -2.54. The Hall–Kier alpha value is -2.08. The molecule has 2 atom stereocenters. The molecule has 2 fully saturated rings. The summed E-state index contributed by atoms with van der Waals surface area (Å²) in [6, 6.07) is 7.49. The molecule has 23 heavy (non-hydrogen) atoms. The Morgan fingerprint density at radius 1 is 1.35 bits per heavy atom. The molecule has 6 nitrogen and oxygen atoms in total. The molecule has 6 heteroatoms. The number of carbonyl (C=O) groups is 2. The Morgan fingerprint density at radius 3 is 2.74 bits per heavy atom. The van der Waals surface area contributed by atoms with Crippen molar-refractivity contribution in [2.45, 2.75) is 31.4 Å². The Morgan fingerprint density at radius 2 is 2.09 bits per heavy atom. The molecule has 0 aromatic heterocycles. The van der Waals surface area contributed by atoms with Gasteiger partial charge in [0.25, 0.3) is 0 Å². The van der Waals surface area contributed by atoms with Crippen LogP contribution in [-0.4, -0.2) is 42.5 Å². The van der Waals surface area contributed by atoms with Gasteiger partial charge in [0, 0.05) is 6.54 Å². The highest BCUT2D eigenvalue weighted by Crippen LogP contribution is 2.53. The van der Waals surface area contributed by atoms with E-state index < -0.39 is 5.54 Å². The Kier molecular flexibility index (Phi) is 4.26. The Balaban J connectivity index is 1.53. The van der Waals surface area contributed by atoms with E-state index in [2.05, 4.69) is 0 Å². The highest BCUT2D eigenvalue weighted by atomic mass is 16.5. The number of carbonyl (C=O) groups excluding carboxylic acids is 2. The van der Waals surface area contributed by atoms with Gasteiger partial charge < -0.3 is 20.1 Å². The number of benzene rings is 1. The molecular formula is C17H22N2O4. The second-order valence-electron chi connectivity index (χ2n) is 6.22. The van der Waals surface area contributed by atoms with E-state index in [0.29, 0.717) is 19.6 Å². The van der Waals surface area contributed by atoms with Crippen molar-refractivity contribution in [3.05, 3.63) is 29.8 Å². The molecule has 0 radical (unpaired) electrons. The quantitative estimate of drug-likeness (QED) is 0.851.